The number of carbonyl (C=O) groups excluding carboxylic acids is 8. The number of anilines is 2. The molecule has 4 aromatic carbocycles. The highest BCUT2D eigenvalue weighted by molar-refractivity contribution is 8.21. The highest BCUT2D eigenvalue weighted by Gasteiger charge is 2.38. The quantitative estimate of drug-likeness (QED) is 0.144. The van der Waals surface area contributed by atoms with Gasteiger partial charge in [-0.15, -0.1) is 94.1 Å². The monoisotopic (exact) mass is 1380 g/mol. The number of thioether (sulfide) groups is 8. The Hall–Kier alpha value is -4.36. The van der Waals surface area contributed by atoms with E-state index in [1.54, 1.807) is 88.8 Å². The number of nitrogens with one attached hydrogen (secondary N) is 2. The Kier molecular flexibility index (Phi) is 25.8. The van der Waals surface area contributed by atoms with Gasteiger partial charge < -0.3 is 34.3 Å². The van der Waals surface area contributed by atoms with Crippen molar-refractivity contribution in [3.05, 3.63) is 101 Å². The van der Waals surface area contributed by atoms with Crippen LogP contribution in [0.4, 0.5) is 11.4 Å². The van der Waals surface area contributed by atoms with Gasteiger partial charge in [-0.25, -0.2) is 0 Å². The summed E-state index contributed by atoms with van der Waals surface area (Å²) in [5, 5.41) is 11.3. The first kappa shape index (κ1) is 70.0. The summed E-state index contributed by atoms with van der Waals surface area (Å²) in [6, 6.07) is 22.8. The molecule has 8 aliphatic heterocycles. The molecule has 0 bridgehead atoms. The summed E-state index contributed by atoms with van der Waals surface area (Å²) in [6.07, 6.45) is 3.92. The lowest BCUT2D eigenvalue weighted by Gasteiger charge is -2.21. The molecular formula is C67H80N2O13S8. The molecule has 90 heavy (non-hydrogen) atoms. The van der Waals surface area contributed by atoms with Gasteiger partial charge in [0, 0.05) is 107 Å². The van der Waals surface area contributed by atoms with E-state index in [-0.39, 0.29) is 97.0 Å². The summed E-state index contributed by atoms with van der Waals surface area (Å²) in [7, 11) is 0. The normalized spacial score (nSPS) is 25.3. The zero-order valence-electron chi connectivity index (χ0n) is 52.0. The largest absolute Gasteiger partial charge is 0.482 e. The molecule has 0 aromatic heterocycles. The number of carbonyl (C=O) groups is 8. The number of ether oxygens (including phenoxy) is 5. The molecule has 12 rings (SSSR count). The van der Waals surface area contributed by atoms with Crippen molar-refractivity contribution in [3.8, 4) is 28.7 Å². The van der Waals surface area contributed by atoms with E-state index in [4.69, 9.17) is 23.7 Å². The lowest BCUT2D eigenvalue weighted by Crippen LogP contribution is -2.28. The molecule has 4 fully saturated rings. The van der Waals surface area contributed by atoms with Crippen molar-refractivity contribution in [1.82, 2.24) is 0 Å². The highest BCUT2D eigenvalue weighted by Crippen LogP contribution is 2.46. The third-order valence-corrected chi connectivity index (χ3v) is 28.6. The van der Waals surface area contributed by atoms with Gasteiger partial charge in [0.1, 0.15) is 19.0 Å². The van der Waals surface area contributed by atoms with Crippen LogP contribution in [0.3, 0.4) is 0 Å². The Morgan fingerprint density at radius 2 is 0.678 bits per heavy atom. The van der Waals surface area contributed by atoms with Crippen molar-refractivity contribution in [2.24, 2.45) is 0 Å². The summed E-state index contributed by atoms with van der Waals surface area (Å²) in [5.41, 5.74) is 6.81. The van der Waals surface area contributed by atoms with E-state index in [0.717, 1.165) is 48.3 Å². The van der Waals surface area contributed by atoms with Crippen molar-refractivity contribution < 1.29 is 62.0 Å². The van der Waals surface area contributed by atoms with Crippen LogP contribution in [0.25, 0.3) is 0 Å². The van der Waals surface area contributed by atoms with Gasteiger partial charge >= 0.3 is 17.9 Å². The van der Waals surface area contributed by atoms with Gasteiger partial charge in [-0.1, -0.05) is 85.7 Å². The van der Waals surface area contributed by atoms with E-state index in [1.165, 1.54) is 5.56 Å². The molecule has 0 saturated carbocycles. The van der Waals surface area contributed by atoms with E-state index < -0.39 is 0 Å². The van der Waals surface area contributed by atoms with E-state index in [2.05, 4.69) is 72.1 Å². The molecule has 4 unspecified atom stereocenters. The molecule has 0 aliphatic carbocycles. The third kappa shape index (κ3) is 19.8. The van der Waals surface area contributed by atoms with Crippen LogP contribution in [-0.2, 0) is 44.8 Å². The molecular weight excluding hydrogens is 1300 g/mol. The smallest absolute Gasteiger partial charge is 0.312 e. The van der Waals surface area contributed by atoms with Crippen LogP contribution in [0.2, 0.25) is 0 Å². The lowest BCUT2D eigenvalue weighted by molar-refractivity contribution is -0.138. The minimum Gasteiger partial charge on any atom is -0.482 e. The molecule has 4 saturated heterocycles. The number of ketones is 3. The van der Waals surface area contributed by atoms with Gasteiger partial charge in [0.05, 0.1) is 24.9 Å². The van der Waals surface area contributed by atoms with Gasteiger partial charge in [0.15, 0.2) is 40.3 Å². The topological polar surface area (TPSA) is 207 Å². The van der Waals surface area contributed by atoms with Gasteiger partial charge in [-0.05, 0) is 94.0 Å². The number of hydrogen-bond acceptors (Lipinski definition) is 21. The summed E-state index contributed by atoms with van der Waals surface area (Å²) >= 11 is 14.1. The maximum atomic E-state index is 12.4. The number of fused-ring (bicyclic) bond motifs is 8. The Labute approximate surface area is 562 Å². The second kappa shape index (κ2) is 33.2. The number of amides is 2. The zero-order valence-corrected chi connectivity index (χ0v) is 58.6. The van der Waals surface area contributed by atoms with E-state index in [0.29, 0.717) is 121 Å². The van der Waals surface area contributed by atoms with Crippen LogP contribution < -0.4 is 34.3 Å². The van der Waals surface area contributed by atoms with Crippen LogP contribution in [0, 0.1) is 0 Å². The molecule has 2 N–H and O–H groups in total. The molecule has 4 aromatic rings. The van der Waals surface area contributed by atoms with E-state index in [1.807, 2.05) is 72.1 Å². The average Bonchev–Trinajstić information content (AvgIpc) is 3.85. The average molecular weight is 1380 g/mol. The summed E-state index contributed by atoms with van der Waals surface area (Å²) < 4.78 is 27.8. The first-order valence-corrected chi connectivity index (χ1v) is 39.0. The Balaban J connectivity index is 0.000000142. The number of hydrogen-bond donors (Lipinski definition) is 2. The maximum absolute atomic E-state index is 12.4. The number of rotatable bonds is 4. The number of Topliss-reactive ketones (excluding diaryl/α,β-unsaturated/α-hetero) is 3. The van der Waals surface area contributed by atoms with Crippen molar-refractivity contribution in [3.63, 3.8) is 0 Å². The summed E-state index contributed by atoms with van der Waals surface area (Å²) in [6.45, 7) is 16.9. The molecule has 0 spiro atoms. The third-order valence-electron chi connectivity index (χ3n) is 16.2. The number of benzene rings is 4. The van der Waals surface area contributed by atoms with Crippen LogP contribution in [-0.4, -0.2) is 123 Å². The fourth-order valence-corrected chi connectivity index (χ4v) is 24.3. The molecule has 0 radical (unpaired) electrons. The Morgan fingerprint density at radius 1 is 0.344 bits per heavy atom. The van der Waals surface area contributed by atoms with Gasteiger partial charge in [-0.2, -0.15) is 0 Å². The van der Waals surface area contributed by atoms with Crippen LogP contribution in [0.1, 0.15) is 158 Å². The lowest BCUT2D eigenvalue weighted by atomic mass is 9.96. The molecule has 23 heteroatoms. The molecule has 484 valence electrons. The predicted molar refractivity (Wildman–Crippen MR) is 373 cm³/mol. The van der Waals surface area contributed by atoms with Crippen LogP contribution >= 0.6 is 94.1 Å². The van der Waals surface area contributed by atoms with Crippen molar-refractivity contribution in [2.75, 3.05) is 44.2 Å². The second-order valence-corrected chi connectivity index (χ2v) is 35.6. The highest BCUT2D eigenvalue weighted by atomic mass is 32.2. The second-order valence-electron chi connectivity index (χ2n) is 24.3. The molecule has 8 aliphatic rings. The fourth-order valence-electron chi connectivity index (χ4n) is 10.9. The maximum Gasteiger partial charge on any atom is 0.312 e. The summed E-state index contributed by atoms with van der Waals surface area (Å²) in [4.78, 5) is 98.0. The fraction of sp³-hybridized carbons (Fsp3) is 0.522. The minimum atomic E-state index is -0.263. The standard InChI is InChI=1S/C18H22O4S2.C17H21NO2S2.C16H19NO3S2.C16H18O4S2/c1-11(2)12-3-4-15-16(5-12)22-9-14(20)7-18-17(23-10-24-18)6-13(19)8-21-15;1-10(2)11-3-4-12-5-13(19)7-15-16(22-9-21-15)8-17(20)18-14(12)6-11;1-9(2)10-3-4-12-11(5-10)17-15(18)6-13-14(22-8-21-13)7-16(19)20-12;1-9(2)10-3-4-11-12(5-10)20-16(18)7-14-13(21-8-22-14)6-15(17)19-11/h3-5,11,17-18H,6-10H2,1-2H3;3-4,6,10,15-16H,5,7-9H2,1-2H3,(H,18,20);3-5,9,13-14H,6-8H2,1-2H3,(H,17,18);3-5,9,13-14H,6-8H2,1-2H3/t17?,18-;15?,16-;13-,14?;13?,14-/m1111/s1. The van der Waals surface area contributed by atoms with Crippen molar-refractivity contribution in [1.29, 1.82) is 0 Å². The molecule has 8 atom stereocenters. The first-order chi connectivity index (χ1) is 43.1. The Bertz CT molecular complexity index is 3040. The van der Waals surface area contributed by atoms with Crippen molar-refractivity contribution in [2.45, 2.75) is 179 Å². The zero-order chi connectivity index (χ0) is 64.2. The number of esters is 3. The SMILES string of the molecule is CC(C)c1ccc2c(c1)NC(=O)C[C@H]1SCSC1CC(=O)C2.CC(C)c1ccc2c(c1)NC(=O)C[C@H]1SCSC1CC(=O)O2.CC(C)c1ccc2c(c1)OC(=O)C[C@H]1SCSC1CC(=O)O2.CC(C)c1ccc2c(c1)OCC(=O)C[C@H]1SCSC1CC(=O)CO2. The Morgan fingerprint density at radius 3 is 1.14 bits per heavy atom. The molecule has 8 heterocycles. The van der Waals surface area contributed by atoms with Crippen LogP contribution in [0.15, 0.2) is 72.8 Å². The predicted octanol–water partition coefficient (Wildman–Crippen LogP) is 14.7. The summed E-state index contributed by atoms with van der Waals surface area (Å²) in [5.74, 6) is 3.36. The van der Waals surface area contributed by atoms with Crippen LogP contribution in [0.5, 0.6) is 28.7 Å². The van der Waals surface area contributed by atoms with Crippen molar-refractivity contribution >= 4 is 153 Å². The minimum absolute atomic E-state index is 0.00916. The van der Waals surface area contributed by atoms with Gasteiger partial charge in [0.2, 0.25) is 11.8 Å². The van der Waals surface area contributed by atoms with Gasteiger partial charge in [0.25, 0.3) is 0 Å². The van der Waals surface area contributed by atoms with E-state index in [9.17, 15) is 38.4 Å². The molecule has 15 nitrogen and oxygen atoms in total. The van der Waals surface area contributed by atoms with Gasteiger partial charge in [-0.3, -0.25) is 38.4 Å². The first-order valence-electron chi connectivity index (χ1n) is 30.6. The van der Waals surface area contributed by atoms with E-state index >= 15 is 0 Å². The molecule has 2 amide bonds.